The van der Waals surface area contributed by atoms with Crippen LogP contribution in [0, 0.1) is 11.3 Å². The van der Waals surface area contributed by atoms with E-state index in [0.717, 1.165) is 5.56 Å². The predicted octanol–water partition coefficient (Wildman–Crippen LogP) is 1.63. The molecule has 1 aromatic carbocycles. The van der Waals surface area contributed by atoms with Crippen LogP contribution in [-0.4, -0.2) is 19.2 Å². The molecule has 1 aromatic rings. The number of hydrogen-bond acceptors (Lipinski definition) is 5. The summed E-state index contributed by atoms with van der Waals surface area (Å²) in [5.74, 6) is -0.307. The summed E-state index contributed by atoms with van der Waals surface area (Å²) in [4.78, 5) is 24.5. The van der Waals surface area contributed by atoms with Crippen molar-refractivity contribution in [3.63, 3.8) is 0 Å². The molecule has 0 heterocycles. The molecule has 0 spiro atoms. The second-order valence-corrected chi connectivity index (χ2v) is 3.24. The lowest BCUT2D eigenvalue weighted by molar-refractivity contribution is -0.140. The van der Waals surface area contributed by atoms with Crippen LogP contribution >= 0.6 is 0 Å². The lowest BCUT2D eigenvalue weighted by Crippen LogP contribution is -2.01. The van der Waals surface area contributed by atoms with Crippen LogP contribution < -0.4 is 0 Å². The van der Waals surface area contributed by atoms with E-state index in [9.17, 15) is 9.59 Å². The number of carbonyl (C=O) groups excluding carboxylic acids is 2. The molecule has 0 N–H and O–H groups in total. The van der Waals surface area contributed by atoms with Gasteiger partial charge < -0.3 is 4.74 Å². The van der Waals surface area contributed by atoms with Crippen molar-refractivity contribution in [2.45, 2.75) is 12.8 Å². The SMILES string of the molecule is COC(=O)CCc1ccc(N=C=O)c(C#N)c1. The van der Waals surface area contributed by atoms with Gasteiger partial charge in [0.05, 0.1) is 18.4 Å². The molecule has 0 unspecified atom stereocenters. The molecule has 0 atom stereocenters. The summed E-state index contributed by atoms with van der Waals surface area (Å²) in [7, 11) is 1.32. The highest BCUT2D eigenvalue weighted by atomic mass is 16.5. The van der Waals surface area contributed by atoms with E-state index >= 15 is 0 Å². The van der Waals surface area contributed by atoms with Gasteiger partial charge in [0.2, 0.25) is 6.08 Å². The highest BCUT2D eigenvalue weighted by Crippen LogP contribution is 2.20. The molecule has 0 aliphatic heterocycles. The van der Waals surface area contributed by atoms with E-state index in [1.807, 2.05) is 6.07 Å². The summed E-state index contributed by atoms with van der Waals surface area (Å²) in [5, 5.41) is 8.86. The first-order valence-corrected chi connectivity index (χ1v) is 4.89. The minimum atomic E-state index is -0.307. The van der Waals surface area contributed by atoms with Gasteiger partial charge in [-0.3, -0.25) is 4.79 Å². The molecule has 1 rings (SSSR count). The molecule has 5 nitrogen and oxygen atoms in total. The Morgan fingerprint density at radius 3 is 2.88 bits per heavy atom. The molecule has 0 aliphatic rings. The largest absolute Gasteiger partial charge is 0.469 e. The second kappa shape index (κ2) is 6.21. The summed E-state index contributed by atoms with van der Waals surface area (Å²) in [6, 6.07) is 6.79. The smallest absolute Gasteiger partial charge is 0.305 e. The first kappa shape index (κ1) is 12.6. The fraction of sp³-hybridized carbons (Fsp3) is 0.250. The van der Waals surface area contributed by atoms with E-state index < -0.39 is 0 Å². The van der Waals surface area contributed by atoms with E-state index in [0.29, 0.717) is 6.42 Å². The van der Waals surface area contributed by atoms with Gasteiger partial charge in [0.25, 0.3) is 0 Å². The van der Waals surface area contributed by atoms with Gasteiger partial charge in [-0.05, 0) is 24.1 Å². The molecule has 17 heavy (non-hydrogen) atoms. The summed E-state index contributed by atoms with van der Waals surface area (Å²) in [6.07, 6.45) is 2.11. The van der Waals surface area contributed by atoms with Crippen LogP contribution in [0.4, 0.5) is 5.69 Å². The van der Waals surface area contributed by atoms with Crippen molar-refractivity contribution in [1.29, 1.82) is 5.26 Å². The maximum atomic E-state index is 11.0. The lowest BCUT2D eigenvalue weighted by Gasteiger charge is -2.02. The van der Waals surface area contributed by atoms with E-state index in [2.05, 4.69) is 9.73 Å². The Morgan fingerprint density at radius 1 is 1.53 bits per heavy atom. The number of rotatable bonds is 4. The average molecular weight is 230 g/mol. The summed E-state index contributed by atoms with van der Waals surface area (Å²) in [6.45, 7) is 0. The molecule has 0 fully saturated rings. The normalized spacial score (nSPS) is 8.94. The van der Waals surface area contributed by atoms with Gasteiger partial charge in [-0.1, -0.05) is 6.07 Å². The van der Waals surface area contributed by atoms with Crippen molar-refractivity contribution in [3.8, 4) is 6.07 Å². The Morgan fingerprint density at radius 2 is 2.29 bits per heavy atom. The molecule has 0 aliphatic carbocycles. The number of carbonyl (C=O) groups is 1. The Hall–Kier alpha value is -2.44. The zero-order chi connectivity index (χ0) is 12.7. The molecule has 0 saturated heterocycles. The molecule has 0 amide bonds. The third kappa shape index (κ3) is 3.56. The fourth-order valence-electron chi connectivity index (χ4n) is 1.32. The number of hydrogen-bond donors (Lipinski definition) is 0. The summed E-state index contributed by atoms with van der Waals surface area (Å²) >= 11 is 0. The molecule has 0 aromatic heterocycles. The van der Waals surface area contributed by atoms with E-state index in [-0.39, 0.29) is 23.6 Å². The molecular formula is C12H10N2O3. The van der Waals surface area contributed by atoms with Gasteiger partial charge >= 0.3 is 5.97 Å². The zero-order valence-corrected chi connectivity index (χ0v) is 9.27. The molecular weight excluding hydrogens is 220 g/mol. The van der Waals surface area contributed by atoms with Gasteiger partial charge in [0.15, 0.2) is 0 Å². The number of nitriles is 1. The predicted molar refractivity (Wildman–Crippen MR) is 59.3 cm³/mol. The number of nitrogens with zero attached hydrogens (tertiary/aromatic N) is 2. The molecule has 0 radical (unpaired) electrons. The van der Waals surface area contributed by atoms with Crippen LogP contribution in [0.15, 0.2) is 23.2 Å². The number of isocyanates is 1. The second-order valence-electron chi connectivity index (χ2n) is 3.24. The van der Waals surface area contributed by atoms with Crippen LogP contribution in [-0.2, 0) is 20.7 Å². The van der Waals surface area contributed by atoms with E-state index in [1.165, 1.54) is 13.2 Å². The van der Waals surface area contributed by atoms with E-state index in [4.69, 9.17) is 5.26 Å². The minimum absolute atomic E-state index is 0.248. The van der Waals surface area contributed by atoms with Gasteiger partial charge in [0, 0.05) is 6.42 Å². The Balaban J connectivity index is 2.87. The monoisotopic (exact) mass is 230 g/mol. The maximum Gasteiger partial charge on any atom is 0.305 e. The number of benzene rings is 1. The first-order valence-electron chi connectivity index (χ1n) is 4.89. The highest BCUT2D eigenvalue weighted by molar-refractivity contribution is 5.69. The van der Waals surface area contributed by atoms with Gasteiger partial charge in [-0.15, -0.1) is 0 Å². The molecule has 0 saturated carbocycles. The van der Waals surface area contributed by atoms with Crippen LogP contribution in [0.2, 0.25) is 0 Å². The van der Waals surface area contributed by atoms with Crippen LogP contribution in [0.3, 0.4) is 0 Å². The quantitative estimate of drug-likeness (QED) is 0.447. The van der Waals surface area contributed by atoms with Crippen LogP contribution in [0.25, 0.3) is 0 Å². The zero-order valence-electron chi connectivity index (χ0n) is 9.27. The average Bonchev–Trinajstić information content (AvgIpc) is 2.37. The lowest BCUT2D eigenvalue weighted by atomic mass is 10.1. The number of esters is 1. The van der Waals surface area contributed by atoms with Crippen molar-refractivity contribution in [2.24, 2.45) is 4.99 Å². The molecule has 5 heteroatoms. The Bertz CT molecular complexity index is 511. The van der Waals surface area contributed by atoms with Crippen molar-refractivity contribution in [1.82, 2.24) is 0 Å². The number of ether oxygens (including phenoxy) is 1. The fourth-order valence-corrected chi connectivity index (χ4v) is 1.32. The highest BCUT2D eigenvalue weighted by Gasteiger charge is 2.05. The third-order valence-electron chi connectivity index (χ3n) is 2.19. The Kier molecular flexibility index (Phi) is 4.61. The van der Waals surface area contributed by atoms with E-state index in [1.54, 1.807) is 18.2 Å². The topological polar surface area (TPSA) is 79.5 Å². The maximum absolute atomic E-state index is 11.0. The van der Waals surface area contributed by atoms with Crippen molar-refractivity contribution in [2.75, 3.05) is 7.11 Å². The van der Waals surface area contributed by atoms with Crippen molar-refractivity contribution < 1.29 is 14.3 Å². The van der Waals surface area contributed by atoms with Gasteiger partial charge in [0.1, 0.15) is 6.07 Å². The van der Waals surface area contributed by atoms with Crippen molar-refractivity contribution in [3.05, 3.63) is 29.3 Å². The minimum Gasteiger partial charge on any atom is -0.469 e. The van der Waals surface area contributed by atoms with Gasteiger partial charge in [-0.2, -0.15) is 10.3 Å². The van der Waals surface area contributed by atoms with Gasteiger partial charge in [-0.25, -0.2) is 4.79 Å². The molecule has 0 bridgehead atoms. The number of aryl methyl sites for hydroxylation is 1. The summed E-state index contributed by atoms with van der Waals surface area (Å²) in [5.41, 5.74) is 1.39. The Labute approximate surface area is 98.3 Å². The number of methoxy groups -OCH3 is 1. The summed E-state index contributed by atoms with van der Waals surface area (Å²) < 4.78 is 4.52. The van der Waals surface area contributed by atoms with Crippen LogP contribution in [0.5, 0.6) is 0 Å². The molecule has 86 valence electrons. The van der Waals surface area contributed by atoms with Crippen LogP contribution in [0.1, 0.15) is 17.5 Å². The first-order chi connectivity index (χ1) is 8.21. The third-order valence-corrected chi connectivity index (χ3v) is 2.19. The standard InChI is InChI=1S/C12H10N2O3/c1-17-12(16)5-3-9-2-4-11(14-8-15)10(6-9)7-13/h2,4,6H,3,5H2,1H3. The number of aliphatic imine (C=N–C) groups is 1. The van der Waals surface area contributed by atoms with Crippen molar-refractivity contribution >= 4 is 17.7 Å².